The van der Waals surface area contributed by atoms with Gasteiger partial charge in [0.1, 0.15) is 0 Å². The number of carbonyl (C=O) groups is 1. The van der Waals surface area contributed by atoms with Crippen molar-refractivity contribution in [2.24, 2.45) is 0 Å². The first-order chi connectivity index (χ1) is 10.3. The summed E-state index contributed by atoms with van der Waals surface area (Å²) in [7, 11) is 2.06. The molecule has 0 radical (unpaired) electrons. The number of amides is 1. The van der Waals surface area contributed by atoms with E-state index in [1.165, 1.54) is 5.56 Å². The Balaban J connectivity index is 1.90. The van der Waals surface area contributed by atoms with Gasteiger partial charge in [0.15, 0.2) is 0 Å². The van der Waals surface area contributed by atoms with Crippen LogP contribution in [-0.2, 0) is 0 Å². The first-order valence-corrected chi connectivity index (χ1v) is 7.35. The summed E-state index contributed by atoms with van der Waals surface area (Å²) < 4.78 is 0. The van der Waals surface area contributed by atoms with Gasteiger partial charge in [-0.25, -0.2) is 0 Å². The van der Waals surface area contributed by atoms with Gasteiger partial charge in [-0.2, -0.15) is 0 Å². The minimum atomic E-state index is 0.107. The molecule has 0 aliphatic carbocycles. The average Bonchev–Trinajstić information content (AvgIpc) is 2.56. The van der Waals surface area contributed by atoms with Crippen molar-refractivity contribution in [2.75, 3.05) is 20.3 Å². The normalized spacial score (nSPS) is 19.5. The predicted octanol–water partition coefficient (Wildman–Crippen LogP) is 3.16. The highest BCUT2D eigenvalue weighted by Gasteiger charge is 2.30. The van der Waals surface area contributed by atoms with Crippen LogP contribution in [0.3, 0.4) is 0 Å². The second-order valence-corrected chi connectivity index (χ2v) is 5.58. The van der Waals surface area contributed by atoms with E-state index < -0.39 is 0 Å². The Morgan fingerprint density at radius 1 is 1.00 bits per heavy atom. The van der Waals surface area contributed by atoms with Crippen LogP contribution in [0.15, 0.2) is 60.7 Å². The zero-order valence-electron chi connectivity index (χ0n) is 12.3. The summed E-state index contributed by atoms with van der Waals surface area (Å²) in [5.41, 5.74) is 1.98. The average molecular weight is 280 g/mol. The Hall–Kier alpha value is -2.13. The molecule has 0 N–H and O–H groups in total. The molecular weight excluding hydrogens is 260 g/mol. The van der Waals surface area contributed by atoms with Crippen molar-refractivity contribution in [1.29, 1.82) is 0 Å². The quantitative estimate of drug-likeness (QED) is 0.843. The van der Waals surface area contributed by atoms with E-state index in [2.05, 4.69) is 24.1 Å². The van der Waals surface area contributed by atoms with Gasteiger partial charge in [0, 0.05) is 12.1 Å². The molecule has 1 amide bonds. The third kappa shape index (κ3) is 2.98. The molecule has 1 unspecified atom stereocenters. The molecule has 1 heterocycles. The fourth-order valence-electron chi connectivity index (χ4n) is 2.90. The third-order valence-electron chi connectivity index (χ3n) is 4.02. The van der Waals surface area contributed by atoms with Crippen LogP contribution >= 0.6 is 0 Å². The number of carbonyl (C=O) groups excluding carboxylic acids is 1. The van der Waals surface area contributed by atoms with Crippen LogP contribution in [0, 0.1) is 0 Å². The Morgan fingerprint density at radius 2 is 1.62 bits per heavy atom. The van der Waals surface area contributed by atoms with Crippen LogP contribution in [0.2, 0.25) is 0 Å². The van der Waals surface area contributed by atoms with E-state index in [0.29, 0.717) is 6.67 Å². The van der Waals surface area contributed by atoms with Gasteiger partial charge < -0.3 is 4.90 Å². The minimum Gasteiger partial charge on any atom is -0.319 e. The maximum Gasteiger partial charge on any atom is 0.255 e. The molecule has 1 saturated heterocycles. The van der Waals surface area contributed by atoms with Gasteiger partial charge in [0.25, 0.3) is 5.91 Å². The molecule has 2 aromatic carbocycles. The Morgan fingerprint density at radius 3 is 2.29 bits per heavy atom. The minimum absolute atomic E-state index is 0.107. The van der Waals surface area contributed by atoms with Crippen molar-refractivity contribution >= 4 is 5.91 Å². The van der Waals surface area contributed by atoms with Crippen molar-refractivity contribution in [2.45, 2.75) is 12.5 Å². The fourth-order valence-corrected chi connectivity index (χ4v) is 2.90. The SMILES string of the molecule is CN1CCC(c2ccccc2)N(C(=O)c2ccccc2)C1. The van der Waals surface area contributed by atoms with E-state index in [0.717, 1.165) is 18.5 Å². The molecule has 1 aliphatic heterocycles. The highest BCUT2D eigenvalue weighted by molar-refractivity contribution is 5.94. The van der Waals surface area contributed by atoms with Crippen molar-refractivity contribution in [3.8, 4) is 0 Å². The lowest BCUT2D eigenvalue weighted by atomic mass is 9.99. The van der Waals surface area contributed by atoms with Crippen LogP contribution in [-0.4, -0.2) is 36.0 Å². The van der Waals surface area contributed by atoms with E-state index >= 15 is 0 Å². The van der Waals surface area contributed by atoms with E-state index in [1.54, 1.807) is 0 Å². The molecule has 1 atom stereocenters. The highest BCUT2D eigenvalue weighted by Crippen LogP contribution is 2.29. The van der Waals surface area contributed by atoms with Gasteiger partial charge in [-0.3, -0.25) is 9.69 Å². The van der Waals surface area contributed by atoms with Crippen LogP contribution in [0.1, 0.15) is 28.4 Å². The van der Waals surface area contributed by atoms with Crippen LogP contribution < -0.4 is 0 Å². The number of hydrogen-bond acceptors (Lipinski definition) is 2. The lowest BCUT2D eigenvalue weighted by molar-refractivity contribution is 0.0354. The first-order valence-electron chi connectivity index (χ1n) is 7.35. The summed E-state index contributed by atoms with van der Waals surface area (Å²) in [6.07, 6.45) is 0.971. The maximum atomic E-state index is 12.8. The van der Waals surface area contributed by atoms with Crippen molar-refractivity contribution < 1.29 is 4.79 Å². The molecular formula is C18H20N2O. The number of hydrogen-bond donors (Lipinski definition) is 0. The van der Waals surface area contributed by atoms with Crippen LogP contribution in [0.4, 0.5) is 0 Å². The summed E-state index contributed by atoms with van der Waals surface area (Å²) in [5, 5.41) is 0. The van der Waals surface area contributed by atoms with Crippen LogP contribution in [0.25, 0.3) is 0 Å². The van der Waals surface area contributed by atoms with E-state index in [1.807, 2.05) is 53.4 Å². The molecule has 3 nitrogen and oxygen atoms in total. The fraction of sp³-hybridized carbons (Fsp3) is 0.278. The standard InChI is InChI=1S/C18H20N2O/c1-19-13-12-17(15-8-4-2-5-9-15)20(14-19)18(21)16-10-6-3-7-11-16/h2-11,17H,12-14H2,1H3. The monoisotopic (exact) mass is 280 g/mol. The molecule has 1 aliphatic rings. The zero-order valence-corrected chi connectivity index (χ0v) is 12.3. The summed E-state index contributed by atoms with van der Waals surface area (Å²) in [4.78, 5) is 17.0. The van der Waals surface area contributed by atoms with E-state index in [4.69, 9.17) is 0 Å². The molecule has 1 fully saturated rings. The molecule has 0 spiro atoms. The smallest absolute Gasteiger partial charge is 0.255 e. The largest absolute Gasteiger partial charge is 0.319 e. The van der Waals surface area contributed by atoms with Gasteiger partial charge >= 0.3 is 0 Å². The maximum absolute atomic E-state index is 12.8. The van der Waals surface area contributed by atoms with Gasteiger partial charge in [-0.1, -0.05) is 48.5 Å². The summed E-state index contributed by atoms with van der Waals surface area (Å²) in [5.74, 6) is 0.107. The number of nitrogens with zero attached hydrogens (tertiary/aromatic N) is 2. The van der Waals surface area contributed by atoms with Crippen LogP contribution in [0.5, 0.6) is 0 Å². The molecule has 0 saturated carbocycles. The van der Waals surface area contributed by atoms with Crippen molar-refractivity contribution in [1.82, 2.24) is 9.80 Å². The number of rotatable bonds is 2. The number of benzene rings is 2. The Labute approximate surface area is 125 Å². The summed E-state index contributed by atoms with van der Waals surface area (Å²) >= 11 is 0. The summed E-state index contributed by atoms with van der Waals surface area (Å²) in [6.45, 7) is 1.69. The van der Waals surface area contributed by atoms with Gasteiger partial charge in [-0.05, 0) is 31.2 Å². The van der Waals surface area contributed by atoms with Crippen molar-refractivity contribution in [3.63, 3.8) is 0 Å². The Bertz CT molecular complexity index is 597. The lowest BCUT2D eigenvalue weighted by Gasteiger charge is -2.40. The second-order valence-electron chi connectivity index (χ2n) is 5.58. The molecule has 0 bridgehead atoms. The van der Waals surface area contributed by atoms with Crippen molar-refractivity contribution in [3.05, 3.63) is 71.8 Å². The first kappa shape index (κ1) is 13.8. The zero-order chi connectivity index (χ0) is 14.7. The predicted molar refractivity (Wildman–Crippen MR) is 83.9 cm³/mol. The molecule has 3 heteroatoms. The molecule has 2 aromatic rings. The summed E-state index contributed by atoms with van der Waals surface area (Å²) in [6, 6.07) is 20.0. The molecule has 0 aromatic heterocycles. The van der Waals surface area contributed by atoms with Gasteiger partial charge in [0.2, 0.25) is 0 Å². The second kappa shape index (κ2) is 6.10. The molecule has 3 rings (SSSR count). The van der Waals surface area contributed by atoms with E-state index in [9.17, 15) is 4.79 Å². The van der Waals surface area contributed by atoms with E-state index in [-0.39, 0.29) is 11.9 Å². The van der Waals surface area contributed by atoms with Gasteiger partial charge in [-0.15, -0.1) is 0 Å². The Kier molecular flexibility index (Phi) is 4.02. The highest BCUT2D eigenvalue weighted by atomic mass is 16.2. The van der Waals surface area contributed by atoms with Gasteiger partial charge in [0.05, 0.1) is 12.7 Å². The molecule has 21 heavy (non-hydrogen) atoms. The topological polar surface area (TPSA) is 23.6 Å². The molecule has 108 valence electrons. The lowest BCUT2D eigenvalue weighted by Crippen LogP contribution is -2.47. The third-order valence-corrected chi connectivity index (χ3v) is 4.02.